The van der Waals surface area contributed by atoms with Crippen LogP contribution in [0.3, 0.4) is 0 Å². The highest BCUT2D eigenvalue weighted by Crippen LogP contribution is 1.99. The zero-order valence-electron chi connectivity index (χ0n) is 9.14. The predicted octanol–water partition coefficient (Wildman–Crippen LogP) is 2.47. The van der Waals surface area contributed by atoms with Crippen molar-refractivity contribution in [3.63, 3.8) is 0 Å². The fraction of sp³-hybridized carbons (Fsp3) is 1.00. The average molecular weight is 189 g/mol. The van der Waals surface area contributed by atoms with Crippen LogP contribution in [0.1, 0.15) is 46.5 Å². The lowest BCUT2D eigenvalue weighted by Crippen LogP contribution is -2.26. The summed E-state index contributed by atoms with van der Waals surface area (Å²) in [6, 6.07) is 0. The molecule has 0 heterocycles. The van der Waals surface area contributed by atoms with Crippen LogP contribution in [0.4, 0.5) is 0 Å². The van der Waals surface area contributed by atoms with Gasteiger partial charge in [-0.15, -0.1) is 0 Å². The van der Waals surface area contributed by atoms with Crippen molar-refractivity contribution in [2.45, 2.75) is 52.7 Å². The molecule has 0 aromatic heterocycles. The number of hydrogen-bond donors (Lipinski definition) is 1. The van der Waals surface area contributed by atoms with Gasteiger partial charge in [0.2, 0.25) is 0 Å². The lowest BCUT2D eigenvalue weighted by atomic mass is 10.3. The highest BCUT2D eigenvalue weighted by molar-refractivity contribution is 4.39. The molecule has 1 N–H and O–H groups in total. The Balaban J connectivity index is 3.25. The normalized spacial score (nSPS) is 13.2. The predicted molar refractivity (Wildman–Crippen MR) is 54.3 cm³/mol. The maximum absolute atomic E-state index is 5.44. The summed E-state index contributed by atoms with van der Waals surface area (Å²) < 4.78 is 5.44. The molecule has 0 aliphatic heterocycles. The minimum absolute atomic E-state index is 0.0863. The minimum Gasteiger partial charge on any atom is -0.351 e. The van der Waals surface area contributed by atoms with Gasteiger partial charge in [-0.1, -0.05) is 27.2 Å². The third-order valence-corrected chi connectivity index (χ3v) is 1.69. The van der Waals surface area contributed by atoms with Gasteiger partial charge in [0.05, 0.1) is 0 Å². The summed E-state index contributed by atoms with van der Waals surface area (Å²) in [6.07, 6.45) is 4.16. The number of nitrogens with one attached hydrogen (secondary N) is 1. The quantitative estimate of drug-likeness (QED) is 0.343. The SMILES string of the molecule is CCCCNOC(CC)OCCC. The van der Waals surface area contributed by atoms with E-state index in [1.807, 2.05) is 0 Å². The Morgan fingerprint density at radius 2 is 1.92 bits per heavy atom. The molecule has 0 fully saturated rings. The molecule has 0 amide bonds. The zero-order chi connectivity index (χ0) is 9.94. The third-order valence-electron chi connectivity index (χ3n) is 1.69. The molecule has 1 unspecified atom stereocenters. The summed E-state index contributed by atoms with van der Waals surface area (Å²) in [7, 11) is 0. The zero-order valence-corrected chi connectivity index (χ0v) is 9.14. The molecule has 80 valence electrons. The molecule has 0 aromatic rings. The Bertz CT molecular complexity index is 98.9. The molecule has 0 aliphatic rings. The second-order valence-corrected chi connectivity index (χ2v) is 3.07. The molecular weight excluding hydrogens is 166 g/mol. The molecule has 3 heteroatoms. The monoisotopic (exact) mass is 189 g/mol. The van der Waals surface area contributed by atoms with E-state index in [0.717, 1.165) is 32.4 Å². The molecule has 0 rings (SSSR count). The summed E-state index contributed by atoms with van der Waals surface area (Å²) in [5, 5.41) is 0. The van der Waals surface area contributed by atoms with Crippen molar-refractivity contribution >= 4 is 0 Å². The molecule has 13 heavy (non-hydrogen) atoms. The molecule has 0 saturated carbocycles. The molecule has 1 atom stereocenters. The van der Waals surface area contributed by atoms with Gasteiger partial charge < -0.3 is 4.74 Å². The molecule has 0 aliphatic carbocycles. The van der Waals surface area contributed by atoms with E-state index in [-0.39, 0.29) is 6.29 Å². The van der Waals surface area contributed by atoms with Gasteiger partial charge in [-0.05, 0) is 19.3 Å². The van der Waals surface area contributed by atoms with Crippen molar-refractivity contribution < 1.29 is 9.57 Å². The number of hydrogen-bond acceptors (Lipinski definition) is 3. The van der Waals surface area contributed by atoms with Crippen molar-refractivity contribution in [3.05, 3.63) is 0 Å². The second-order valence-electron chi connectivity index (χ2n) is 3.07. The van der Waals surface area contributed by atoms with Gasteiger partial charge in [-0.3, -0.25) is 4.84 Å². The van der Waals surface area contributed by atoms with E-state index in [0.29, 0.717) is 0 Å². The van der Waals surface area contributed by atoms with Gasteiger partial charge in [0.25, 0.3) is 0 Å². The molecule has 3 nitrogen and oxygen atoms in total. The average Bonchev–Trinajstić information content (AvgIpc) is 2.17. The van der Waals surface area contributed by atoms with E-state index in [4.69, 9.17) is 9.57 Å². The van der Waals surface area contributed by atoms with Crippen LogP contribution >= 0.6 is 0 Å². The molecule has 0 aromatic carbocycles. The lowest BCUT2D eigenvalue weighted by Gasteiger charge is -2.16. The Morgan fingerprint density at radius 3 is 2.46 bits per heavy atom. The fourth-order valence-corrected chi connectivity index (χ4v) is 0.885. The van der Waals surface area contributed by atoms with Crippen LogP contribution in [0, 0.1) is 0 Å². The number of hydroxylamine groups is 1. The van der Waals surface area contributed by atoms with E-state index in [1.165, 1.54) is 6.42 Å². The Hall–Kier alpha value is -0.120. The van der Waals surface area contributed by atoms with Crippen LogP contribution in [0.15, 0.2) is 0 Å². The van der Waals surface area contributed by atoms with Crippen LogP contribution < -0.4 is 5.48 Å². The van der Waals surface area contributed by atoms with Crippen molar-refractivity contribution in [2.24, 2.45) is 0 Å². The Morgan fingerprint density at radius 1 is 1.15 bits per heavy atom. The maximum atomic E-state index is 5.44. The third kappa shape index (κ3) is 8.22. The molecular formula is C10H23NO2. The van der Waals surface area contributed by atoms with Gasteiger partial charge in [0.1, 0.15) is 0 Å². The summed E-state index contributed by atoms with van der Waals surface area (Å²) in [5.41, 5.74) is 2.92. The summed E-state index contributed by atoms with van der Waals surface area (Å²) >= 11 is 0. The largest absolute Gasteiger partial charge is 0.351 e. The topological polar surface area (TPSA) is 30.5 Å². The van der Waals surface area contributed by atoms with Crippen molar-refractivity contribution in [2.75, 3.05) is 13.2 Å². The minimum atomic E-state index is -0.0863. The smallest absolute Gasteiger partial charge is 0.176 e. The van der Waals surface area contributed by atoms with Crippen LogP contribution in [0.5, 0.6) is 0 Å². The van der Waals surface area contributed by atoms with Crippen molar-refractivity contribution in [1.29, 1.82) is 0 Å². The maximum Gasteiger partial charge on any atom is 0.176 e. The number of unbranched alkanes of at least 4 members (excludes halogenated alkanes) is 1. The molecule has 0 bridgehead atoms. The molecule has 0 saturated heterocycles. The first-order chi connectivity index (χ1) is 6.35. The van der Waals surface area contributed by atoms with Crippen molar-refractivity contribution in [3.8, 4) is 0 Å². The molecule has 0 radical (unpaired) electrons. The van der Waals surface area contributed by atoms with Gasteiger partial charge >= 0.3 is 0 Å². The standard InChI is InChI=1S/C10H23NO2/c1-4-7-8-11-13-10(6-3)12-9-5-2/h10-11H,4-9H2,1-3H3. The second kappa shape index (κ2) is 9.96. The highest BCUT2D eigenvalue weighted by atomic mass is 16.8. The first kappa shape index (κ1) is 12.9. The van der Waals surface area contributed by atoms with Gasteiger partial charge in [0, 0.05) is 13.2 Å². The first-order valence-corrected chi connectivity index (χ1v) is 5.35. The van der Waals surface area contributed by atoms with E-state index in [1.54, 1.807) is 0 Å². The summed E-state index contributed by atoms with van der Waals surface area (Å²) in [6.45, 7) is 7.99. The Kier molecular flexibility index (Phi) is 9.87. The first-order valence-electron chi connectivity index (χ1n) is 5.35. The lowest BCUT2D eigenvalue weighted by molar-refractivity contribution is -0.180. The van der Waals surface area contributed by atoms with Crippen LogP contribution in [-0.2, 0) is 9.57 Å². The number of rotatable bonds is 9. The van der Waals surface area contributed by atoms with Crippen molar-refractivity contribution in [1.82, 2.24) is 5.48 Å². The van der Waals surface area contributed by atoms with E-state index < -0.39 is 0 Å². The summed E-state index contributed by atoms with van der Waals surface area (Å²) in [4.78, 5) is 5.32. The van der Waals surface area contributed by atoms with E-state index >= 15 is 0 Å². The van der Waals surface area contributed by atoms with E-state index in [9.17, 15) is 0 Å². The highest BCUT2D eigenvalue weighted by Gasteiger charge is 2.04. The number of ether oxygens (including phenoxy) is 1. The van der Waals surface area contributed by atoms with Crippen LogP contribution in [-0.4, -0.2) is 19.4 Å². The summed E-state index contributed by atoms with van der Waals surface area (Å²) in [5.74, 6) is 0. The van der Waals surface area contributed by atoms with Crippen LogP contribution in [0.25, 0.3) is 0 Å². The molecule has 0 spiro atoms. The Labute approximate surface area is 81.8 Å². The van der Waals surface area contributed by atoms with Gasteiger partial charge in [0.15, 0.2) is 6.29 Å². The van der Waals surface area contributed by atoms with Gasteiger partial charge in [-0.2, -0.15) is 5.48 Å². The van der Waals surface area contributed by atoms with Crippen LogP contribution in [0.2, 0.25) is 0 Å². The van der Waals surface area contributed by atoms with Gasteiger partial charge in [-0.25, -0.2) is 0 Å². The van der Waals surface area contributed by atoms with E-state index in [2.05, 4.69) is 26.3 Å². The fourth-order valence-electron chi connectivity index (χ4n) is 0.885.